The maximum atomic E-state index is 12.6. The highest BCUT2D eigenvalue weighted by atomic mass is 32.2. The molecule has 22 heavy (non-hydrogen) atoms. The number of carboxylic acid groups (broad SMARTS) is 1. The molecule has 1 atom stereocenters. The molecule has 2 amide bonds. The van der Waals surface area contributed by atoms with Gasteiger partial charge >= 0.3 is 5.97 Å². The summed E-state index contributed by atoms with van der Waals surface area (Å²) in [5.74, 6) is 0.340. The molecule has 0 radical (unpaired) electrons. The van der Waals surface area contributed by atoms with Crippen molar-refractivity contribution < 1.29 is 19.5 Å². The molecule has 1 aliphatic carbocycles. The fourth-order valence-electron chi connectivity index (χ4n) is 3.14. The molecule has 1 unspecified atom stereocenters. The first-order chi connectivity index (χ1) is 10.5. The van der Waals surface area contributed by atoms with E-state index in [1.807, 2.05) is 6.92 Å². The van der Waals surface area contributed by atoms with Gasteiger partial charge in [-0.25, -0.2) is 0 Å². The van der Waals surface area contributed by atoms with Crippen LogP contribution in [0, 0.1) is 5.92 Å². The van der Waals surface area contributed by atoms with Crippen LogP contribution in [-0.2, 0) is 14.4 Å². The molecule has 2 rings (SSSR count). The molecule has 1 saturated carbocycles. The summed E-state index contributed by atoms with van der Waals surface area (Å²) < 4.78 is 0. The quantitative estimate of drug-likeness (QED) is 0.797. The van der Waals surface area contributed by atoms with E-state index in [0.717, 1.165) is 25.7 Å². The number of rotatable bonds is 6. The van der Waals surface area contributed by atoms with Crippen LogP contribution in [0.1, 0.15) is 39.0 Å². The monoisotopic (exact) mass is 328 g/mol. The third-order valence-corrected chi connectivity index (χ3v) is 5.46. The summed E-state index contributed by atoms with van der Waals surface area (Å²) in [6, 6.07) is -0.424. The van der Waals surface area contributed by atoms with Crippen molar-refractivity contribution >= 4 is 29.5 Å². The average Bonchev–Trinajstić information content (AvgIpc) is 3.18. The minimum Gasteiger partial charge on any atom is -0.481 e. The smallest absolute Gasteiger partial charge is 0.305 e. The molecule has 7 heteroatoms. The van der Waals surface area contributed by atoms with E-state index in [4.69, 9.17) is 5.11 Å². The number of amides is 2. The fourth-order valence-corrected chi connectivity index (χ4v) is 4.29. The van der Waals surface area contributed by atoms with Gasteiger partial charge in [0.15, 0.2) is 0 Å². The van der Waals surface area contributed by atoms with Crippen LogP contribution in [0.4, 0.5) is 0 Å². The van der Waals surface area contributed by atoms with Gasteiger partial charge in [0.25, 0.3) is 0 Å². The van der Waals surface area contributed by atoms with Crippen LogP contribution in [0.2, 0.25) is 0 Å². The van der Waals surface area contributed by atoms with Crippen molar-refractivity contribution in [3.8, 4) is 0 Å². The maximum Gasteiger partial charge on any atom is 0.305 e. The van der Waals surface area contributed by atoms with Gasteiger partial charge in [-0.1, -0.05) is 12.8 Å². The standard InChI is InChI=1S/C15H24N2O4S/c1-2-16(8-7-13(18)19)15(21)12-9-22-10-17(12)14(20)11-5-3-4-6-11/h11-12H,2-10H2,1H3,(H,18,19). The van der Waals surface area contributed by atoms with Crippen LogP contribution < -0.4 is 0 Å². The van der Waals surface area contributed by atoms with Gasteiger partial charge in [0.2, 0.25) is 11.8 Å². The zero-order valence-electron chi connectivity index (χ0n) is 13.0. The predicted octanol–water partition coefficient (Wildman–Crippen LogP) is 1.40. The molecule has 2 aliphatic rings. The number of likely N-dealkylation sites (N-methyl/N-ethyl adjacent to an activating group) is 1. The van der Waals surface area contributed by atoms with Crippen molar-refractivity contribution in [1.82, 2.24) is 9.80 Å². The summed E-state index contributed by atoms with van der Waals surface area (Å²) >= 11 is 1.60. The minimum atomic E-state index is -0.911. The molecule has 1 saturated heterocycles. The van der Waals surface area contributed by atoms with E-state index >= 15 is 0 Å². The number of nitrogens with zero attached hydrogens (tertiary/aromatic N) is 2. The first-order valence-corrected chi connectivity index (χ1v) is 9.08. The van der Waals surface area contributed by atoms with Crippen molar-refractivity contribution in [3.63, 3.8) is 0 Å². The van der Waals surface area contributed by atoms with Crippen LogP contribution in [0.5, 0.6) is 0 Å². The van der Waals surface area contributed by atoms with Gasteiger partial charge < -0.3 is 14.9 Å². The SMILES string of the molecule is CCN(CCC(=O)O)C(=O)C1CSCN1C(=O)C1CCCC1. The molecule has 0 aromatic heterocycles. The molecule has 0 bridgehead atoms. The van der Waals surface area contributed by atoms with Crippen LogP contribution in [0.25, 0.3) is 0 Å². The molecule has 6 nitrogen and oxygen atoms in total. The molecule has 124 valence electrons. The first-order valence-electron chi connectivity index (χ1n) is 7.93. The lowest BCUT2D eigenvalue weighted by molar-refractivity contribution is -0.146. The zero-order chi connectivity index (χ0) is 16.1. The lowest BCUT2D eigenvalue weighted by Gasteiger charge is -2.30. The Labute approximate surface area is 135 Å². The number of carbonyl (C=O) groups is 3. The van der Waals surface area contributed by atoms with Gasteiger partial charge in [0.05, 0.1) is 12.3 Å². The first kappa shape index (κ1) is 17.1. The predicted molar refractivity (Wildman–Crippen MR) is 84.4 cm³/mol. The summed E-state index contributed by atoms with van der Waals surface area (Å²) in [5.41, 5.74) is 0. The third-order valence-electron chi connectivity index (χ3n) is 4.44. The number of thioether (sulfide) groups is 1. The number of aliphatic carboxylic acids is 1. The second kappa shape index (κ2) is 7.85. The second-order valence-electron chi connectivity index (χ2n) is 5.87. The van der Waals surface area contributed by atoms with Crippen LogP contribution >= 0.6 is 11.8 Å². The van der Waals surface area contributed by atoms with E-state index in [1.165, 1.54) is 0 Å². The Morgan fingerprint density at radius 2 is 1.95 bits per heavy atom. The molecule has 0 spiro atoms. The number of carboxylic acids is 1. The van der Waals surface area contributed by atoms with E-state index < -0.39 is 12.0 Å². The topological polar surface area (TPSA) is 77.9 Å². The Bertz CT molecular complexity index is 437. The van der Waals surface area contributed by atoms with Crippen molar-refractivity contribution in [2.75, 3.05) is 24.7 Å². The highest BCUT2D eigenvalue weighted by Crippen LogP contribution is 2.31. The summed E-state index contributed by atoms with van der Waals surface area (Å²) in [4.78, 5) is 39.2. The number of carbonyl (C=O) groups excluding carboxylic acids is 2. The summed E-state index contributed by atoms with van der Waals surface area (Å²) in [7, 11) is 0. The summed E-state index contributed by atoms with van der Waals surface area (Å²) in [5, 5.41) is 8.78. The van der Waals surface area contributed by atoms with Crippen molar-refractivity contribution in [1.29, 1.82) is 0 Å². The highest BCUT2D eigenvalue weighted by Gasteiger charge is 2.39. The largest absolute Gasteiger partial charge is 0.481 e. The Balaban J connectivity index is 1.99. The zero-order valence-corrected chi connectivity index (χ0v) is 13.8. The summed E-state index contributed by atoms with van der Waals surface area (Å²) in [6.07, 6.45) is 3.98. The Morgan fingerprint density at radius 3 is 2.55 bits per heavy atom. The van der Waals surface area contributed by atoms with Crippen LogP contribution in [-0.4, -0.2) is 63.5 Å². The number of hydrogen-bond donors (Lipinski definition) is 1. The van der Waals surface area contributed by atoms with Gasteiger partial charge in [0, 0.05) is 24.8 Å². The number of hydrogen-bond acceptors (Lipinski definition) is 4. The lowest BCUT2D eigenvalue weighted by atomic mass is 10.1. The Morgan fingerprint density at radius 1 is 1.27 bits per heavy atom. The maximum absolute atomic E-state index is 12.6. The highest BCUT2D eigenvalue weighted by molar-refractivity contribution is 7.99. The summed E-state index contributed by atoms with van der Waals surface area (Å²) in [6.45, 7) is 2.51. The van der Waals surface area contributed by atoms with Crippen molar-refractivity contribution in [2.24, 2.45) is 5.92 Å². The lowest BCUT2D eigenvalue weighted by Crippen LogP contribution is -2.50. The Kier molecular flexibility index (Phi) is 6.11. The van der Waals surface area contributed by atoms with E-state index in [9.17, 15) is 14.4 Å². The Hall–Kier alpha value is -1.24. The molecule has 0 aromatic carbocycles. The minimum absolute atomic E-state index is 0.0595. The van der Waals surface area contributed by atoms with E-state index in [-0.39, 0.29) is 30.7 Å². The van der Waals surface area contributed by atoms with E-state index in [2.05, 4.69) is 0 Å². The van der Waals surface area contributed by atoms with Gasteiger partial charge in [0.1, 0.15) is 6.04 Å². The molecule has 0 aromatic rings. The van der Waals surface area contributed by atoms with Gasteiger partial charge in [-0.15, -0.1) is 11.8 Å². The molecular formula is C15H24N2O4S. The molecule has 1 N–H and O–H groups in total. The molecule has 2 fully saturated rings. The molecule has 1 aliphatic heterocycles. The van der Waals surface area contributed by atoms with Crippen LogP contribution in [0.15, 0.2) is 0 Å². The second-order valence-corrected chi connectivity index (χ2v) is 6.87. The third kappa shape index (κ3) is 3.94. The van der Waals surface area contributed by atoms with Crippen molar-refractivity contribution in [2.45, 2.75) is 45.1 Å². The average molecular weight is 328 g/mol. The van der Waals surface area contributed by atoms with Crippen molar-refractivity contribution in [3.05, 3.63) is 0 Å². The molecule has 1 heterocycles. The van der Waals surface area contributed by atoms with Crippen LogP contribution in [0.3, 0.4) is 0 Å². The van der Waals surface area contributed by atoms with Gasteiger partial charge in [-0.3, -0.25) is 14.4 Å². The van der Waals surface area contributed by atoms with Gasteiger partial charge in [-0.05, 0) is 19.8 Å². The fraction of sp³-hybridized carbons (Fsp3) is 0.800. The normalized spacial score (nSPS) is 22.0. The van der Waals surface area contributed by atoms with E-state index in [0.29, 0.717) is 18.2 Å². The van der Waals surface area contributed by atoms with E-state index in [1.54, 1.807) is 21.6 Å². The van der Waals surface area contributed by atoms with Gasteiger partial charge in [-0.2, -0.15) is 0 Å². The molecular weight excluding hydrogens is 304 g/mol.